The van der Waals surface area contributed by atoms with Crippen LogP contribution in [0.15, 0.2) is 48.5 Å². The molecule has 2 aromatic carbocycles. The number of esters is 1. The highest BCUT2D eigenvalue weighted by Gasteiger charge is 2.15. The van der Waals surface area contributed by atoms with Gasteiger partial charge in [0.25, 0.3) is 5.91 Å². The van der Waals surface area contributed by atoms with Crippen LogP contribution in [0.1, 0.15) is 16.7 Å². The minimum Gasteiger partial charge on any atom is -0.486 e. The third kappa shape index (κ3) is 5.36. The molecule has 0 bridgehead atoms. The fraction of sp³-hybridized carbons (Fsp3) is 0.273. The van der Waals surface area contributed by atoms with Crippen LogP contribution in [0.4, 0.5) is 0 Å². The number of ether oxygens (including phenoxy) is 3. The molecule has 0 radical (unpaired) electrons. The molecular formula is C22H23NO5. The molecule has 0 saturated carbocycles. The predicted octanol–water partition coefficient (Wildman–Crippen LogP) is 2.98. The molecule has 1 aliphatic heterocycles. The van der Waals surface area contributed by atoms with Crippen molar-refractivity contribution in [3.63, 3.8) is 0 Å². The number of hydrogen-bond donors (Lipinski definition) is 0. The standard InChI is InChI=1S/C22H23NO5/c1-16-3-5-17(6-4-16)8-10-22(25)28-15-21(24)23(2)14-18-7-9-19-20(13-18)27-12-11-26-19/h3-10,13H,11-12,14-15H2,1-2H3/b10-8+. The quantitative estimate of drug-likeness (QED) is 0.569. The Bertz CT molecular complexity index is 873. The molecule has 0 N–H and O–H groups in total. The van der Waals surface area contributed by atoms with Gasteiger partial charge in [-0.3, -0.25) is 4.79 Å². The molecule has 1 aliphatic rings. The summed E-state index contributed by atoms with van der Waals surface area (Å²) in [4.78, 5) is 25.5. The van der Waals surface area contributed by atoms with Crippen molar-refractivity contribution in [3.05, 3.63) is 65.2 Å². The van der Waals surface area contributed by atoms with Crippen LogP contribution in [0.25, 0.3) is 6.08 Å². The molecule has 0 atom stereocenters. The van der Waals surface area contributed by atoms with Gasteiger partial charge >= 0.3 is 5.97 Å². The van der Waals surface area contributed by atoms with Gasteiger partial charge in [-0.15, -0.1) is 0 Å². The van der Waals surface area contributed by atoms with Gasteiger partial charge in [0, 0.05) is 19.7 Å². The Morgan fingerprint density at radius 1 is 1.07 bits per heavy atom. The van der Waals surface area contributed by atoms with Crippen LogP contribution in [-0.4, -0.2) is 43.6 Å². The fourth-order valence-electron chi connectivity index (χ4n) is 2.68. The lowest BCUT2D eigenvalue weighted by Crippen LogP contribution is -2.30. The number of aryl methyl sites for hydroxylation is 1. The van der Waals surface area contributed by atoms with Crippen molar-refractivity contribution in [1.29, 1.82) is 0 Å². The van der Waals surface area contributed by atoms with Crippen molar-refractivity contribution < 1.29 is 23.8 Å². The van der Waals surface area contributed by atoms with E-state index in [1.165, 1.54) is 11.0 Å². The highest BCUT2D eigenvalue weighted by atomic mass is 16.6. The molecule has 0 fully saturated rings. The summed E-state index contributed by atoms with van der Waals surface area (Å²) in [5.74, 6) is 0.546. The summed E-state index contributed by atoms with van der Waals surface area (Å²) >= 11 is 0. The number of amides is 1. The first-order valence-corrected chi connectivity index (χ1v) is 9.05. The van der Waals surface area contributed by atoms with E-state index >= 15 is 0 Å². The molecule has 6 heteroatoms. The van der Waals surface area contributed by atoms with Crippen LogP contribution in [0.3, 0.4) is 0 Å². The summed E-state index contributed by atoms with van der Waals surface area (Å²) in [5, 5.41) is 0. The minimum absolute atomic E-state index is 0.285. The lowest BCUT2D eigenvalue weighted by molar-refractivity contribution is -0.147. The molecule has 1 amide bonds. The number of benzene rings is 2. The van der Waals surface area contributed by atoms with Crippen LogP contribution < -0.4 is 9.47 Å². The van der Waals surface area contributed by atoms with Crippen LogP contribution in [-0.2, 0) is 20.9 Å². The lowest BCUT2D eigenvalue weighted by Gasteiger charge is -2.21. The van der Waals surface area contributed by atoms with Gasteiger partial charge in [0.2, 0.25) is 0 Å². The van der Waals surface area contributed by atoms with Gasteiger partial charge in [0.15, 0.2) is 18.1 Å². The molecule has 2 aromatic rings. The number of likely N-dealkylation sites (N-methyl/N-ethyl adjacent to an activating group) is 1. The van der Waals surface area contributed by atoms with Gasteiger partial charge < -0.3 is 19.1 Å². The molecule has 3 rings (SSSR count). The molecule has 1 heterocycles. The maximum Gasteiger partial charge on any atom is 0.331 e. The third-order valence-corrected chi connectivity index (χ3v) is 4.28. The molecule has 0 aliphatic carbocycles. The largest absolute Gasteiger partial charge is 0.486 e. The zero-order valence-electron chi connectivity index (χ0n) is 16.0. The number of nitrogens with zero attached hydrogens (tertiary/aromatic N) is 1. The van der Waals surface area contributed by atoms with Crippen molar-refractivity contribution in [1.82, 2.24) is 4.90 Å². The minimum atomic E-state index is -0.554. The average molecular weight is 381 g/mol. The first kappa shape index (κ1) is 19.5. The summed E-state index contributed by atoms with van der Waals surface area (Å²) in [6, 6.07) is 13.3. The van der Waals surface area contributed by atoms with Crippen molar-refractivity contribution in [2.24, 2.45) is 0 Å². The monoisotopic (exact) mass is 381 g/mol. The van der Waals surface area contributed by atoms with E-state index in [4.69, 9.17) is 14.2 Å². The van der Waals surface area contributed by atoms with E-state index in [0.717, 1.165) is 16.7 Å². The van der Waals surface area contributed by atoms with Gasteiger partial charge in [-0.05, 0) is 36.3 Å². The van der Waals surface area contributed by atoms with E-state index in [0.29, 0.717) is 31.3 Å². The Morgan fingerprint density at radius 2 is 1.79 bits per heavy atom. The predicted molar refractivity (Wildman–Crippen MR) is 105 cm³/mol. The van der Waals surface area contributed by atoms with Gasteiger partial charge in [-0.1, -0.05) is 35.9 Å². The number of rotatable bonds is 6. The number of hydrogen-bond acceptors (Lipinski definition) is 5. The lowest BCUT2D eigenvalue weighted by atomic mass is 10.1. The zero-order chi connectivity index (χ0) is 19.9. The summed E-state index contributed by atoms with van der Waals surface area (Å²) < 4.78 is 16.1. The Balaban J connectivity index is 1.47. The van der Waals surface area contributed by atoms with E-state index in [-0.39, 0.29) is 12.5 Å². The molecule has 0 aromatic heterocycles. The topological polar surface area (TPSA) is 65.1 Å². The highest BCUT2D eigenvalue weighted by molar-refractivity contribution is 5.89. The number of fused-ring (bicyclic) bond motifs is 1. The maximum atomic E-state index is 12.2. The molecule has 0 saturated heterocycles. The molecule has 28 heavy (non-hydrogen) atoms. The van der Waals surface area contributed by atoms with Crippen LogP contribution >= 0.6 is 0 Å². The summed E-state index contributed by atoms with van der Waals surface area (Å²) in [6.45, 7) is 3.12. The van der Waals surface area contributed by atoms with E-state index in [1.54, 1.807) is 13.1 Å². The molecule has 146 valence electrons. The molecule has 6 nitrogen and oxygen atoms in total. The van der Waals surface area contributed by atoms with Crippen LogP contribution in [0, 0.1) is 6.92 Å². The van der Waals surface area contributed by atoms with E-state index in [2.05, 4.69) is 0 Å². The Kier molecular flexibility index (Phi) is 6.32. The molecule has 0 spiro atoms. The second-order valence-electron chi connectivity index (χ2n) is 6.58. The zero-order valence-corrected chi connectivity index (χ0v) is 16.0. The smallest absolute Gasteiger partial charge is 0.331 e. The number of carbonyl (C=O) groups is 2. The van der Waals surface area contributed by atoms with Crippen LogP contribution in [0.2, 0.25) is 0 Å². The van der Waals surface area contributed by atoms with E-state index < -0.39 is 5.97 Å². The van der Waals surface area contributed by atoms with Gasteiger partial charge in [-0.2, -0.15) is 0 Å². The molecular weight excluding hydrogens is 358 g/mol. The second-order valence-corrected chi connectivity index (χ2v) is 6.58. The Morgan fingerprint density at radius 3 is 2.54 bits per heavy atom. The third-order valence-electron chi connectivity index (χ3n) is 4.28. The van der Waals surface area contributed by atoms with Gasteiger partial charge in [0.1, 0.15) is 13.2 Å². The summed E-state index contributed by atoms with van der Waals surface area (Å²) in [6.07, 6.45) is 2.98. The molecule has 0 unspecified atom stereocenters. The number of carbonyl (C=O) groups excluding carboxylic acids is 2. The summed E-state index contributed by atoms with van der Waals surface area (Å²) in [5.41, 5.74) is 2.95. The SMILES string of the molecule is Cc1ccc(/C=C/C(=O)OCC(=O)N(C)Cc2ccc3c(c2)OCCO3)cc1. The Labute approximate surface area is 164 Å². The second kappa shape index (κ2) is 9.08. The fourth-order valence-corrected chi connectivity index (χ4v) is 2.68. The highest BCUT2D eigenvalue weighted by Crippen LogP contribution is 2.31. The first-order valence-electron chi connectivity index (χ1n) is 9.05. The van der Waals surface area contributed by atoms with Gasteiger partial charge in [0.05, 0.1) is 0 Å². The van der Waals surface area contributed by atoms with Crippen molar-refractivity contribution >= 4 is 18.0 Å². The first-order chi connectivity index (χ1) is 13.5. The van der Waals surface area contributed by atoms with E-state index in [1.807, 2.05) is 49.4 Å². The average Bonchev–Trinajstić information content (AvgIpc) is 2.71. The maximum absolute atomic E-state index is 12.2. The summed E-state index contributed by atoms with van der Waals surface area (Å²) in [7, 11) is 1.66. The van der Waals surface area contributed by atoms with Crippen molar-refractivity contribution in [2.75, 3.05) is 26.9 Å². The van der Waals surface area contributed by atoms with Gasteiger partial charge in [-0.25, -0.2) is 4.79 Å². The van der Waals surface area contributed by atoms with Crippen molar-refractivity contribution in [3.8, 4) is 11.5 Å². The Hall–Kier alpha value is -3.28. The van der Waals surface area contributed by atoms with Crippen LogP contribution in [0.5, 0.6) is 11.5 Å². The normalized spacial score (nSPS) is 12.6. The van der Waals surface area contributed by atoms with E-state index in [9.17, 15) is 9.59 Å². The van der Waals surface area contributed by atoms with Crippen molar-refractivity contribution in [2.45, 2.75) is 13.5 Å².